The molecule has 1 saturated carbocycles. The van der Waals surface area contributed by atoms with Crippen LogP contribution in [0.15, 0.2) is 36.4 Å². The van der Waals surface area contributed by atoms with E-state index >= 15 is 0 Å². The molecule has 0 bridgehead atoms. The van der Waals surface area contributed by atoms with E-state index in [1.807, 2.05) is 0 Å². The first-order valence-corrected chi connectivity index (χ1v) is 10.7. The number of fused-ring (bicyclic) bond motifs is 1. The van der Waals surface area contributed by atoms with Gasteiger partial charge in [-0.3, -0.25) is 0 Å². The van der Waals surface area contributed by atoms with Gasteiger partial charge in [0.2, 0.25) is 0 Å². The fourth-order valence-corrected chi connectivity index (χ4v) is 4.57. The molecule has 4 rings (SSSR count). The molecule has 1 saturated heterocycles. The van der Waals surface area contributed by atoms with Crippen LogP contribution in [0.2, 0.25) is 0 Å². The zero-order valence-corrected chi connectivity index (χ0v) is 17.5. The number of hydrogen-bond donors (Lipinski definition) is 0. The van der Waals surface area contributed by atoms with E-state index in [0.29, 0.717) is 0 Å². The van der Waals surface area contributed by atoms with Crippen molar-refractivity contribution in [2.45, 2.75) is 83.8 Å². The molecule has 0 atom stereocenters. The van der Waals surface area contributed by atoms with Crippen LogP contribution in [-0.2, 0) is 9.31 Å². The maximum absolute atomic E-state index is 6.22. The molecule has 2 aromatic rings. The summed E-state index contributed by atoms with van der Waals surface area (Å²) in [7, 11) is -0.289. The summed E-state index contributed by atoms with van der Waals surface area (Å²) in [6.45, 7) is 10.8. The van der Waals surface area contributed by atoms with Gasteiger partial charge in [-0.1, -0.05) is 49.7 Å². The highest BCUT2D eigenvalue weighted by molar-refractivity contribution is 6.62. The van der Waals surface area contributed by atoms with E-state index in [1.54, 1.807) is 0 Å². The van der Waals surface area contributed by atoms with E-state index < -0.39 is 0 Å². The zero-order chi connectivity index (χ0) is 19.2. The van der Waals surface area contributed by atoms with Crippen LogP contribution in [0.5, 0.6) is 0 Å². The first-order chi connectivity index (χ1) is 12.8. The van der Waals surface area contributed by atoms with Crippen LogP contribution in [0.3, 0.4) is 0 Å². The van der Waals surface area contributed by atoms with Crippen molar-refractivity contribution >= 4 is 23.4 Å². The molecule has 0 aromatic heterocycles. The fraction of sp³-hybridized carbons (Fsp3) is 0.583. The van der Waals surface area contributed by atoms with E-state index in [-0.39, 0.29) is 18.3 Å². The number of benzene rings is 2. The second-order valence-corrected chi connectivity index (χ2v) is 9.58. The maximum Gasteiger partial charge on any atom is 0.494 e. The van der Waals surface area contributed by atoms with Gasteiger partial charge in [-0.25, -0.2) is 0 Å². The Labute approximate surface area is 164 Å². The number of rotatable bonds is 3. The van der Waals surface area contributed by atoms with Crippen LogP contribution in [0.1, 0.15) is 78.2 Å². The predicted octanol–water partition coefficient (Wildman–Crippen LogP) is 5.82. The SMILES string of the molecule is CCC1CCC(c2ccc3cc(B4OC(C)(C)C(C)(C)O4)ccc3c2)CC1. The Balaban J connectivity index is 1.55. The lowest BCUT2D eigenvalue weighted by Crippen LogP contribution is -2.41. The van der Waals surface area contributed by atoms with Gasteiger partial charge >= 0.3 is 7.12 Å². The summed E-state index contributed by atoms with van der Waals surface area (Å²) in [5, 5.41) is 2.60. The molecule has 0 unspecified atom stereocenters. The molecule has 2 nitrogen and oxygen atoms in total. The fourth-order valence-electron chi connectivity index (χ4n) is 4.57. The van der Waals surface area contributed by atoms with Crippen molar-refractivity contribution in [1.29, 1.82) is 0 Å². The first-order valence-electron chi connectivity index (χ1n) is 10.7. The summed E-state index contributed by atoms with van der Waals surface area (Å²) in [4.78, 5) is 0. The molecule has 0 amide bonds. The lowest BCUT2D eigenvalue weighted by molar-refractivity contribution is 0.00578. The van der Waals surface area contributed by atoms with Gasteiger partial charge in [0.25, 0.3) is 0 Å². The Morgan fingerprint density at radius 1 is 0.852 bits per heavy atom. The van der Waals surface area contributed by atoms with Crippen LogP contribution in [0.25, 0.3) is 10.8 Å². The summed E-state index contributed by atoms with van der Waals surface area (Å²) >= 11 is 0. The average molecular weight is 364 g/mol. The van der Waals surface area contributed by atoms with Crippen molar-refractivity contribution in [3.8, 4) is 0 Å². The predicted molar refractivity (Wildman–Crippen MR) is 115 cm³/mol. The van der Waals surface area contributed by atoms with E-state index in [2.05, 4.69) is 71.0 Å². The molecule has 2 fully saturated rings. The zero-order valence-electron chi connectivity index (χ0n) is 17.5. The molecule has 0 N–H and O–H groups in total. The molecule has 2 aromatic carbocycles. The van der Waals surface area contributed by atoms with Crippen molar-refractivity contribution in [1.82, 2.24) is 0 Å². The van der Waals surface area contributed by atoms with Crippen molar-refractivity contribution in [3.05, 3.63) is 42.0 Å². The Hall–Kier alpha value is -1.32. The highest BCUT2D eigenvalue weighted by Crippen LogP contribution is 2.38. The lowest BCUT2D eigenvalue weighted by Gasteiger charge is -2.32. The molecule has 2 aliphatic rings. The summed E-state index contributed by atoms with van der Waals surface area (Å²) in [6, 6.07) is 13.7. The van der Waals surface area contributed by atoms with Gasteiger partial charge < -0.3 is 9.31 Å². The largest absolute Gasteiger partial charge is 0.494 e. The average Bonchev–Trinajstić information content (AvgIpc) is 2.88. The maximum atomic E-state index is 6.22. The van der Waals surface area contributed by atoms with Gasteiger partial charge in [-0.15, -0.1) is 0 Å². The quantitative estimate of drug-likeness (QED) is 0.639. The third kappa shape index (κ3) is 3.57. The Kier molecular flexibility index (Phi) is 4.89. The molecule has 1 aliphatic heterocycles. The number of hydrogen-bond acceptors (Lipinski definition) is 2. The van der Waals surface area contributed by atoms with Crippen LogP contribution in [0, 0.1) is 5.92 Å². The molecule has 27 heavy (non-hydrogen) atoms. The molecule has 144 valence electrons. The van der Waals surface area contributed by atoms with Crippen molar-refractivity contribution in [2.24, 2.45) is 5.92 Å². The monoisotopic (exact) mass is 364 g/mol. The van der Waals surface area contributed by atoms with E-state index in [0.717, 1.165) is 17.3 Å². The van der Waals surface area contributed by atoms with Crippen LogP contribution in [0.4, 0.5) is 0 Å². The Morgan fingerprint density at radius 2 is 1.44 bits per heavy atom. The minimum absolute atomic E-state index is 0.289. The van der Waals surface area contributed by atoms with E-state index in [1.165, 1.54) is 48.4 Å². The van der Waals surface area contributed by atoms with Gasteiger partial charge in [0.15, 0.2) is 0 Å². The van der Waals surface area contributed by atoms with E-state index in [9.17, 15) is 0 Å². The summed E-state index contributed by atoms with van der Waals surface area (Å²) in [5.74, 6) is 1.68. The van der Waals surface area contributed by atoms with Gasteiger partial charge in [0, 0.05) is 0 Å². The Morgan fingerprint density at radius 3 is 2.07 bits per heavy atom. The van der Waals surface area contributed by atoms with Crippen LogP contribution >= 0.6 is 0 Å². The van der Waals surface area contributed by atoms with Crippen molar-refractivity contribution < 1.29 is 9.31 Å². The molecule has 1 aliphatic carbocycles. The highest BCUT2D eigenvalue weighted by atomic mass is 16.7. The standard InChI is InChI=1S/C24H33BO2/c1-6-17-7-9-18(10-8-17)19-11-12-21-16-22(14-13-20(21)15-19)25-26-23(2,3)24(4,5)27-25/h11-18H,6-10H2,1-5H3. The molecule has 1 heterocycles. The molecular weight excluding hydrogens is 331 g/mol. The molecule has 3 heteroatoms. The van der Waals surface area contributed by atoms with Gasteiger partial charge in [0.1, 0.15) is 0 Å². The highest BCUT2D eigenvalue weighted by Gasteiger charge is 2.51. The smallest absolute Gasteiger partial charge is 0.399 e. The topological polar surface area (TPSA) is 18.5 Å². The Bertz CT molecular complexity index is 802. The second kappa shape index (κ2) is 6.94. The van der Waals surface area contributed by atoms with Gasteiger partial charge in [-0.2, -0.15) is 0 Å². The van der Waals surface area contributed by atoms with E-state index in [4.69, 9.17) is 9.31 Å². The molecule has 0 spiro atoms. The first kappa shape index (κ1) is 19.0. The van der Waals surface area contributed by atoms with Gasteiger partial charge in [-0.05, 0) is 87.0 Å². The van der Waals surface area contributed by atoms with Crippen molar-refractivity contribution in [3.63, 3.8) is 0 Å². The summed E-state index contributed by atoms with van der Waals surface area (Å²) < 4.78 is 12.4. The van der Waals surface area contributed by atoms with Gasteiger partial charge in [0.05, 0.1) is 11.2 Å². The normalized spacial score (nSPS) is 27.2. The van der Waals surface area contributed by atoms with Crippen LogP contribution < -0.4 is 5.46 Å². The van der Waals surface area contributed by atoms with Crippen molar-refractivity contribution in [2.75, 3.05) is 0 Å². The second-order valence-electron chi connectivity index (χ2n) is 9.58. The van der Waals surface area contributed by atoms with Crippen LogP contribution in [-0.4, -0.2) is 18.3 Å². The minimum Gasteiger partial charge on any atom is -0.399 e. The lowest BCUT2D eigenvalue weighted by atomic mass is 9.76. The molecular formula is C24H33BO2. The third-order valence-corrected chi connectivity index (χ3v) is 7.31. The third-order valence-electron chi connectivity index (χ3n) is 7.31. The molecule has 0 radical (unpaired) electrons. The summed E-state index contributed by atoms with van der Waals surface area (Å²) in [6.07, 6.45) is 6.80. The summed E-state index contributed by atoms with van der Waals surface area (Å²) in [5.41, 5.74) is 2.03. The minimum atomic E-state index is -0.298.